The molecule has 0 spiro atoms. The second-order valence-corrected chi connectivity index (χ2v) is 5.11. The molecular formula is C9H16N2O2S. The second kappa shape index (κ2) is 4.40. The largest absolute Gasteiger partial charge is 0.396 e. The summed E-state index contributed by atoms with van der Waals surface area (Å²) in [6, 6.07) is 0.616. The normalized spacial score (nSPS) is 35.2. The Kier molecular flexibility index (Phi) is 3.18. The summed E-state index contributed by atoms with van der Waals surface area (Å²) in [5.74, 6) is 1.02. The van der Waals surface area contributed by atoms with Crippen LogP contribution in [0.1, 0.15) is 19.3 Å². The molecule has 2 rings (SSSR count). The highest BCUT2D eigenvalue weighted by molar-refractivity contribution is 8.00. The lowest BCUT2D eigenvalue weighted by Crippen LogP contribution is -2.36. The molecule has 3 N–H and O–H groups in total. The third-order valence-corrected chi connectivity index (χ3v) is 4.34. The number of hydrogen-bond acceptors (Lipinski definition) is 3. The number of urea groups is 1. The van der Waals surface area contributed by atoms with Crippen LogP contribution in [0, 0.1) is 0 Å². The number of carbonyl (C=O) groups excluding carboxylic acids is 1. The van der Waals surface area contributed by atoms with Gasteiger partial charge in [0.15, 0.2) is 0 Å². The van der Waals surface area contributed by atoms with E-state index in [1.807, 2.05) is 11.8 Å². The highest BCUT2D eigenvalue weighted by Crippen LogP contribution is 2.32. The van der Waals surface area contributed by atoms with Crippen LogP contribution in [0.25, 0.3) is 0 Å². The fourth-order valence-electron chi connectivity index (χ4n) is 2.10. The van der Waals surface area contributed by atoms with Gasteiger partial charge in [-0.1, -0.05) is 0 Å². The van der Waals surface area contributed by atoms with Crippen LogP contribution in [0.2, 0.25) is 0 Å². The average Bonchev–Trinajstić information content (AvgIpc) is 2.66. The van der Waals surface area contributed by atoms with Gasteiger partial charge in [0.1, 0.15) is 0 Å². The number of hydrogen-bond donors (Lipinski definition) is 3. The Hall–Kier alpha value is -0.420. The van der Waals surface area contributed by atoms with E-state index in [2.05, 4.69) is 10.6 Å². The molecule has 4 nitrogen and oxygen atoms in total. The Morgan fingerprint density at radius 3 is 3.07 bits per heavy atom. The zero-order chi connectivity index (χ0) is 9.97. The van der Waals surface area contributed by atoms with Gasteiger partial charge in [-0.15, -0.1) is 0 Å². The van der Waals surface area contributed by atoms with Crippen LogP contribution in [0.15, 0.2) is 0 Å². The Bertz CT molecular complexity index is 225. The van der Waals surface area contributed by atoms with Gasteiger partial charge in [0.05, 0.1) is 12.1 Å². The van der Waals surface area contributed by atoms with Crippen molar-refractivity contribution < 1.29 is 9.90 Å². The molecule has 2 heterocycles. The van der Waals surface area contributed by atoms with Gasteiger partial charge in [0.2, 0.25) is 0 Å². The SMILES string of the molecule is O=C1N[C@H]2[C@H](CS[C@H]2CCCCO)N1. The maximum atomic E-state index is 11.1. The van der Waals surface area contributed by atoms with E-state index in [1.54, 1.807) is 0 Å². The van der Waals surface area contributed by atoms with Crippen molar-refractivity contribution in [1.82, 2.24) is 10.6 Å². The third-order valence-electron chi connectivity index (χ3n) is 2.83. The fourth-order valence-corrected chi connectivity index (χ4v) is 3.64. The molecule has 2 aliphatic heterocycles. The van der Waals surface area contributed by atoms with Crippen molar-refractivity contribution in [3.63, 3.8) is 0 Å². The zero-order valence-electron chi connectivity index (χ0n) is 8.03. The van der Waals surface area contributed by atoms with Crippen LogP contribution in [0.5, 0.6) is 0 Å². The minimum atomic E-state index is -0.0209. The number of aliphatic hydroxyl groups excluding tert-OH is 1. The van der Waals surface area contributed by atoms with Gasteiger partial charge in [-0.3, -0.25) is 0 Å². The van der Waals surface area contributed by atoms with Crippen molar-refractivity contribution in [2.45, 2.75) is 36.6 Å². The smallest absolute Gasteiger partial charge is 0.315 e. The number of rotatable bonds is 4. The number of carbonyl (C=O) groups is 1. The summed E-state index contributed by atoms with van der Waals surface area (Å²) in [6.45, 7) is 0.274. The van der Waals surface area contributed by atoms with E-state index in [0.29, 0.717) is 17.3 Å². The van der Waals surface area contributed by atoms with Crippen LogP contribution in [-0.2, 0) is 0 Å². The first kappa shape index (κ1) is 10.1. The van der Waals surface area contributed by atoms with E-state index < -0.39 is 0 Å². The summed E-state index contributed by atoms with van der Waals surface area (Å²) >= 11 is 1.93. The summed E-state index contributed by atoms with van der Waals surface area (Å²) in [4.78, 5) is 11.1. The first-order chi connectivity index (χ1) is 6.81. The standard InChI is InChI=1S/C9H16N2O2S/c12-4-2-1-3-7-8-6(5-14-7)10-9(13)11-8/h6-8,12H,1-5H2,(H2,10,11,13)/t6-,7-,8-/m0/s1. The van der Waals surface area contributed by atoms with E-state index >= 15 is 0 Å². The Balaban J connectivity index is 1.80. The second-order valence-electron chi connectivity index (χ2n) is 3.84. The van der Waals surface area contributed by atoms with Crippen LogP contribution < -0.4 is 10.6 Å². The maximum Gasteiger partial charge on any atom is 0.315 e. The molecule has 2 amide bonds. The molecule has 0 aromatic carbocycles. The van der Waals surface area contributed by atoms with Crippen molar-refractivity contribution >= 4 is 17.8 Å². The van der Waals surface area contributed by atoms with Crippen molar-refractivity contribution in [3.05, 3.63) is 0 Å². The van der Waals surface area contributed by atoms with Crippen LogP contribution in [0.3, 0.4) is 0 Å². The number of nitrogens with one attached hydrogen (secondary N) is 2. The minimum absolute atomic E-state index is 0.0209. The monoisotopic (exact) mass is 216 g/mol. The van der Waals surface area contributed by atoms with Crippen LogP contribution in [-0.4, -0.2) is 40.8 Å². The number of fused-ring (bicyclic) bond motifs is 1. The van der Waals surface area contributed by atoms with Crippen molar-refractivity contribution in [3.8, 4) is 0 Å². The van der Waals surface area contributed by atoms with E-state index in [4.69, 9.17) is 5.11 Å². The molecule has 5 heteroatoms. The molecular weight excluding hydrogens is 200 g/mol. The highest BCUT2D eigenvalue weighted by Gasteiger charge is 2.42. The summed E-state index contributed by atoms with van der Waals surface area (Å²) in [5.41, 5.74) is 0. The molecule has 2 aliphatic rings. The molecule has 80 valence electrons. The first-order valence-electron chi connectivity index (χ1n) is 5.11. The summed E-state index contributed by atoms with van der Waals surface area (Å²) < 4.78 is 0. The molecule has 0 aliphatic carbocycles. The van der Waals surface area contributed by atoms with E-state index in [0.717, 1.165) is 25.0 Å². The van der Waals surface area contributed by atoms with Crippen LogP contribution in [0.4, 0.5) is 4.79 Å². The summed E-state index contributed by atoms with van der Waals surface area (Å²) in [7, 11) is 0. The molecule has 2 saturated heterocycles. The average molecular weight is 216 g/mol. The molecule has 0 aromatic rings. The number of amides is 2. The zero-order valence-corrected chi connectivity index (χ0v) is 8.85. The van der Waals surface area contributed by atoms with E-state index in [-0.39, 0.29) is 12.6 Å². The van der Waals surface area contributed by atoms with Crippen LogP contribution >= 0.6 is 11.8 Å². The number of unbranched alkanes of at least 4 members (excludes halogenated alkanes) is 1. The molecule has 2 fully saturated rings. The number of thioether (sulfide) groups is 1. The fraction of sp³-hybridized carbons (Fsp3) is 0.889. The van der Waals surface area contributed by atoms with E-state index in [1.165, 1.54) is 0 Å². The van der Waals surface area contributed by atoms with Gasteiger partial charge in [-0.2, -0.15) is 11.8 Å². The molecule has 14 heavy (non-hydrogen) atoms. The van der Waals surface area contributed by atoms with Gasteiger partial charge in [-0.05, 0) is 19.3 Å². The summed E-state index contributed by atoms with van der Waals surface area (Å²) in [5, 5.41) is 15.1. The predicted octanol–water partition coefficient (Wildman–Crippen LogP) is 0.314. The maximum absolute atomic E-state index is 11.1. The van der Waals surface area contributed by atoms with Gasteiger partial charge in [-0.25, -0.2) is 4.79 Å². The van der Waals surface area contributed by atoms with Gasteiger partial charge < -0.3 is 15.7 Å². The number of aliphatic hydroxyl groups is 1. The lowest BCUT2D eigenvalue weighted by atomic mass is 10.0. The molecule has 0 aromatic heterocycles. The summed E-state index contributed by atoms with van der Waals surface area (Å²) in [6.07, 6.45) is 3.01. The molecule has 0 saturated carbocycles. The topological polar surface area (TPSA) is 61.4 Å². The van der Waals surface area contributed by atoms with Gasteiger partial charge in [0, 0.05) is 17.6 Å². The predicted molar refractivity (Wildman–Crippen MR) is 56.4 cm³/mol. The lowest BCUT2D eigenvalue weighted by molar-refractivity contribution is 0.246. The van der Waals surface area contributed by atoms with Crippen molar-refractivity contribution in [1.29, 1.82) is 0 Å². The molecule has 0 radical (unpaired) electrons. The Morgan fingerprint density at radius 1 is 1.43 bits per heavy atom. The quantitative estimate of drug-likeness (QED) is 0.468. The van der Waals surface area contributed by atoms with Crippen molar-refractivity contribution in [2.75, 3.05) is 12.4 Å². The van der Waals surface area contributed by atoms with Gasteiger partial charge in [0.25, 0.3) is 0 Å². The van der Waals surface area contributed by atoms with E-state index in [9.17, 15) is 4.79 Å². The molecule has 3 atom stereocenters. The molecule has 0 unspecified atom stereocenters. The first-order valence-corrected chi connectivity index (χ1v) is 6.15. The Labute approximate surface area is 87.8 Å². The third kappa shape index (κ3) is 1.98. The lowest BCUT2D eigenvalue weighted by Gasteiger charge is -2.15. The van der Waals surface area contributed by atoms with Crippen molar-refractivity contribution in [2.24, 2.45) is 0 Å². The highest BCUT2D eigenvalue weighted by atomic mass is 32.2. The Morgan fingerprint density at radius 2 is 2.29 bits per heavy atom. The molecule has 0 bridgehead atoms. The van der Waals surface area contributed by atoms with Gasteiger partial charge >= 0.3 is 6.03 Å². The minimum Gasteiger partial charge on any atom is -0.396 e.